The Morgan fingerprint density at radius 2 is 0.778 bits per heavy atom. The molecule has 6 rings (SSSR count). The van der Waals surface area contributed by atoms with Gasteiger partial charge in [-0.1, -0.05) is 121 Å². The Morgan fingerprint density at radius 3 is 1.07 bits per heavy atom. The number of hydrogen-bond donors (Lipinski definition) is 2. The SMILES string of the molecule is O=C(O)CCc1nc(-c2ccccc2)c(-c2ccccc2)o1.O=C(O)CCc1nc(-c2ccccc2)c(-c2ccccc2)o1.[KH]. The van der Waals surface area contributed by atoms with E-state index in [1.807, 2.05) is 121 Å². The van der Waals surface area contributed by atoms with Crippen LogP contribution < -0.4 is 0 Å². The van der Waals surface area contributed by atoms with Crippen molar-refractivity contribution in [2.75, 3.05) is 0 Å². The second kappa shape index (κ2) is 16.8. The van der Waals surface area contributed by atoms with Crippen molar-refractivity contribution in [2.45, 2.75) is 25.7 Å². The minimum atomic E-state index is -0.860. The van der Waals surface area contributed by atoms with Gasteiger partial charge in [-0.25, -0.2) is 9.97 Å². The van der Waals surface area contributed by atoms with E-state index in [0.717, 1.165) is 33.6 Å². The average molecular weight is 627 g/mol. The molecule has 0 radical (unpaired) electrons. The summed E-state index contributed by atoms with van der Waals surface area (Å²) >= 11 is 0. The molecule has 8 nitrogen and oxygen atoms in total. The number of aliphatic carboxylic acids is 2. The Balaban J connectivity index is 0.000000200. The predicted octanol–water partition coefficient (Wildman–Crippen LogP) is 7.40. The van der Waals surface area contributed by atoms with Gasteiger partial charge in [-0.05, 0) is 0 Å². The molecular weight excluding hydrogens is 596 g/mol. The van der Waals surface area contributed by atoms with E-state index in [0.29, 0.717) is 23.3 Å². The van der Waals surface area contributed by atoms with Gasteiger partial charge < -0.3 is 19.0 Å². The van der Waals surface area contributed by atoms with Gasteiger partial charge >= 0.3 is 63.3 Å². The van der Waals surface area contributed by atoms with Crippen molar-refractivity contribution >= 4 is 63.3 Å². The summed E-state index contributed by atoms with van der Waals surface area (Å²) in [6.45, 7) is 0. The van der Waals surface area contributed by atoms with Crippen LogP contribution in [-0.4, -0.2) is 83.5 Å². The van der Waals surface area contributed by atoms with E-state index in [4.69, 9.17) is 19.0 Å². The van der Waals surface area contributed by atoms with Crippen LogP contribution in [0.4, 0.5) is 0 Å². The van der Waals surface area contributed by atoms with Gasteiger partial charge in [0, 0.05) is 35.1 Å². The van der Waals surface area contributed by atoms with Crippen LogP contribution in [0.5, 0.6) is 0 Å². The van der Waals surface area contributed by atoms with E-state index >= 15 is 0 Å². The van der Waals surface area contributed by atoms with Gasteiger partial charge in [0.1, 0.15) is 11.4 Å². The van der Waals surface area contributed by atoms with Crippen LogP contribution in [0.25, 0.3) is 45.2 Å². The molecule has 45 heavy (non-hydrogen) atoms. The van der Waals surface area contributed by atoms with Crippen LogP contribution in [0, 0.1) is 0 Å². The fourth-order valence-electron chi connectivity index (χ4n) is 4.52. The first-order valence-electron chi connectivity index (χ1n) is 14.1. The molecule has 0 aliphatic rings. The maximum absolute atomic E-state index is 10.7. The first-order chi connectivity index (χ1) is 21.5. The van der Waals surface area contributed by atoms with Crippen LogP contribution in [0.3, 0.4) is 0 Å². The molecule has 0 spiro atoms. The minimum absolute atomic E-state index is 0. The number of benzene rings is 4. The molecule has 9 heteroatoms. The number of oxazole rings is 2. The molecular formula is C36H31KN2O6. The number of nitrogens with zero attached hydrogens (tertiary/aromatic N) is 2. The number of aromatic nitrogens is 2. The molecule has 0 fully saturated rings. The van der Waals surface area contributed by atoms with Crippen LogP contribution in [0.1, 0.15) is 24.6 Å². The summed E-state index contributed by atoms with van der Waals surface area (Å²) in [5, 5.41) is 17.6. The molecule has 4 aromatic carbocycles. The number of carboxylic acids is 2. The number of aryl methyl sites for hydroxylation is 2. The normalized spacial score (nSPS) is 10.3. The van der Waals surface area contributed by atoms with Crippen molar-refractivity contribution in [3.63, 3.8) is 0 Å². The standard InChI is InChI=1S/2C18H15NO3.K.H/c2*20-16(21)12-11-15-19-17(13-7-3-1-4-8-13)18(22-15)14-9-5-2-6-10-14;;/h2*1-10H,11-12H2,(H,20,21);;. The summed E-state index contributed by atoms with van der Waals surface area (Å²) < 4.78 is 11.7. The Labute approximate surface area is 303 Å². The predicted molar refractivity (Wildman–Crippen MR) is 174 cm³/mol. The van der Waals surface area contributed by atoms with E-state index in [9.17, 15) is 9.59 Å². The second-order valence-electron chi connectivity index (χ2n) is 9.82. The topological polar surface area (TPSA) is 127 Å². The van der Waals surface area contributed by atoms with Gasteiger partial charge in [-0.3, -0.25) is 9.59 Å². The Morgan fingerprint density at radius 1 is 0.489 bits per heavy atom. The number of carbonyl (C=O) groups is 2. The van der Waals surface area contributed by atoms with Crippen LogP contribution in [-0.2, 0) is 22.4 Å². The Bertz CT molecular complexity index is 1560. The van der Waals surface area contributed by atoms with Crippen LogP contribution in [0.15, 0.2) is 130 Å². The monoisotopic (exact) mass is 626 g/mol. The fraction of sp³-hybridized carbons (Fsp3) is 0.111. The molecule has 0 saturated heterocycles. The van der Waals surface area contributed by atoms with E-state index in [1.165, 1.54) is 0 Å². The third-order valence-electron chi connectivity index (χ3n) is 6.61. The van der Waals surface area contributed by atoms with Crippen LogP contribution >= 0.6 is 0 Å². The summed E-state index contributed by atoms with van der Waals surface area (Å²) in [4.78, 5) is 30.5. The molecule has 0 atom stereocenters. The summed E-state index contributed by atoms with van der Waals surface area (Å²) in [5.41, 5.74) is 5.24. The summed E-state index contributed by atoms with van der Waals surface area (Å²) in [6.07, 6.45) is 0.565. The van der Waals surface area contributed by atoms with Gasteiger partial charge in [0.05, 0.1) is 12.8 Å². The van der Waals surface area contributed by atoms with Gasteiger partial charge in [0.15, 0.2) is 23.3 Å². The van der Waals surface area contributed by atoms with Crippen molar-refractivity contribution in [1.29, 1.82) is 0 Å². The van der Waals surface area contributed by atoms with Crippen molar-refractivity contribution in [2.24, 2.45) is 0 Å². The van der Waals surface area contributed by atoms with Crippen molar-refractivity contribution in [3.8, 4) is 45.2 Å². The third kappa shape index (κ3) is 9.43. The zero-order valence-corrected chi connectivity index (χ0v) is 23.8. The molecule has 0 unspecified atom stereocenters. The summed E-state index contributed by atoms with van der Waals surface area (Å²) in [6, 6.07) is 38.9. The van der Waals surface area contributed by atoms with Gasteiger partial charge in [-0.2, -0.15) is 0 Å². The molecule has 0 aliphatic carbocycles. The van der Waals surface area contributed by atoms with Gasteiger partial charge in [0.2, 0.25) is 0 Å². The fourth-order valence-corrected chi connectivity index (χ4v) is 4.52. The molecule has 0 bridgehead atoms. The van der Waals surface area contributed by atoms with Gasteiger partial charge in [0.25, 0.3) is 0 Å². The summed E-state index contributed by atoms with van der Waals surface area (Å²) in [7, 11) is 0. The number of rotatable bonds is 10. The van der Waals surface area contributed by atoms with E-state index in [2.05, 4.69) is 9.97 Å². The van der Waals surface area contributed by atoms with E-state index in [-0.39, 0.29) is 77.1 Å². The third-order valence-corrected chi connectivity index (χ3v) is 6.61. The Kier molecular flexibility index (Phi) is 12.6. The van der Waals surface area contributed by atoms with Crippen molar-refractivity contribution < 1.29 is 28.6 Å². The molecule has 0 saturated carbocycles. The number of carboxylic acid groups (broad SMARTS) is 2. The van der Waals surface area contributed by atoms with Crippen LogP contribution in [0.2, 0.25) is 0 Å². The molecule has 2 heterocycles. The average Bonchev–Trinajstić information content (AvgIpc) is 3.70. The quantitative estimate of drug-likeness (QED) is 0.151. The molecule has 6 aromatic rings. The molecule has 2 N–H and O–H groups in total. The second-order valence-corrected chi connectivity index (χ2v) is 9.82. The molecule has 2 aromatic heterocycles. The first kappa shape index (κ1) is 33.8. The first-order valence-corrected chi connectivity index (χ1v) is 14.1. The number of hydrogen-bond acceptors (Lipinski definition) is 6. The molecule has 0 aliphatic heterocycles. The molecule has 222 valence electrons. The zero-order chi connectivity index (χ0) is 30.7. The zero-order valence-electron chi connectivity index (χ0n) is 23.8. The van der Waals surface area contributed by atoms with E-state index in [1.54, 1.807) is 0 Å². The van der Waals surface area contributed by atoms with Gasteiger partial charge in [-0.15, -0.1) is 0 Å². The Hall–Kier alpha value is -4.12. The summed E-state index contributed by atoms with van der Waals surface area (Å²) in [5.74, 6) is 0.515. The maximum atomic E-state index is 10.7. The van der Waals surface area contributed by atoms with Crippen molar-refractivity contribution in [3.05, 3.63) is 133 Å². The van der Waals surface area contributed by atoms with E-state index < -0.39 is 11.9 Å². The van der Waals surface area contributed by atoms with Crippen molar-refractivity contribution in [1.82, 2.24) is 9.97 Å². The molecule has 0 amide bonds.